The summed E-state index contributed by atoms with van der Waals surface area (Å²) in [5.74, 6) is 0.754. The van der Waals surface area contributed by atoms with Crippen molar-refractivity contribution in [3.63, 3.8) is 0 Å². The highest BCUT2D eigenvalue weighted by molar-refractivity contribution is 6.30. The van der Waals surface area contributed by atoms with Crippen molar-refractivity contribution >= 4 is 17.5 Å². The van der Waals surface area contributed by atoms with E-state index in [1.165, 1.54) is 6.42 Å². The maximum Gasteiger partial charge on any atom is 0.257 e. The molecule has 0 bridgehead atoms. The molecule has 0 unspecified atom stereocenters. The van der Waals surface area contributed by atoms with E-state index in [1.54, 1.807) is 6.20 Å². The van der Waals surface area contributed by atoms with E-state index in [2.05, 4.69) is 15.5 Å². The van der Waals surface area contributed by atoms with Gasteiger partial charge in [-0.1, -0.05) is 23.7 Å². The van der Waals surface area contributed by atoms with Gasteiger partial charge in [0.05, 0.1) is 17.5 Å². The number of likely N-dealkylation sites (tertiary alicyclic amines) is 1. The van der Waals surface area contributed by atoms with Crippen molar-refractivity contribution in [3.8, 4) is 11.3 Å². The molecule has 1 fully saturated rings. The van der Waals surface area contributed by atoms with E-state index < -0.39 is 0 Å². The summed E-state index contributed by atoms with van der Waals surface area (Å²) < 4.78 is 0. The van der Waals surface area contributed by atoms with Crippen LogP contribution in [0.4, 0.5) is 0 Å². The lowest BCUT2D eigenvalue weighted by Gasteiger charge is -2.32. The van der Waals surface area contributed by atoms with Gasteiger partial charge in [-0.25, -0.2) is 0 Å². The van der Waals surface area contributed by atoms with Crippen molar-refractivity contribution in [2.24, 2.45) is 5.92 Å². The highest BCUT2D eigenvalue weighted by Gasteiger charge is 2.26. The van der Waals surface area contributed by atoms with Crippen LogP contribution < -0.4 is 5.32 Å². The zero-order chi connectivity index (χ0) is 16.9. The van der Waals surface area contributed by atoms with Crippen LogP contribution in [0.15, 0.2) is 30.5 Å². The molecule has 0 aliphatic carbocycles. The van der Waals surface area contributed by atoms with Gasteiger partial charge in [0.25, 0.3) is 5.91 Å². The molecular weight excluding hydrogens is 324 g/mol. The first-order valence-electron chi connectivity index (χ1n) is 8.42. The number of nitrogens with one attached hydrogen (secondary N) is 2. The van der Waals surface area contributed by atoms with Crippen molar-refractivity contribution in [2.75, 3.05) is 26.7 Å². The number of hydrogen-bond donors (Lipinski definition) is 2. The van der Waals surface area contributed by atoms with E-state index in [0.717, 1.165) is 43.7 Å². The summed E-state index contributed by atoms with van der Waals surface area (Å²) in [6, 6.07) is 7.47. The quantitative estimate of drug-likeness (QED) is 0.874. The van der Waals surface area contributed by atoms with Gasteiger partial charge in [-0.15, -0.1) is 0 Å². The number of amides is 1. The number of nitrogens with zero attached hydrogens (tertiary/aromatic N) is 2. The Morgan fingerprint density at radius 3 is 2.92 bits per heavy atom. The first-order valence-corrected chi connectivity index (χ1v) is 8.80. The normalized spacial score (nSPS) is 15.7. The van der Waals surface area contributed by atoms with Gasteiger partial charge in [0.15, 0.2) is 0 Å². The summed E-state index contributed by atoms with van der Waals surface area (Å²) in [5.41, 5.74) is 2.23. The minimum absolute atomic E-state index is 0.0470. The number of rotatable bonds is 5. The SMILES string of the molecule is CNCCC1CCN(C(=O)c2cn[nH]c2-c2cccc(Cl)c2)CC1. The van der Waals surface area contributed by atoms with Crippen LogP contribution in [0.25, 0.3) is 11.3 Å². The van der Waals surface area contributed by atoms with E-state index in [-0.39, 0.29) is 5.91 Å². The second-order valence-electron chi connectivity index (χ2n) is 6.30. The van der Waals surface area contributed by atoms with Crippen LogP contribution in [0.3, 0.4) is 0 Å². The average molecular weight is 347 g/mol. The molecule has 5 nitrogen and oxygen atoms in total. The topological polar surface area (TPSA) is 61.0 Å². The minimum atomic E-state index is 0.0470. The molecule has 1 aromatic heterocycles. The average Bonchev–Trinajstić information content (AvgIpc) is 3.09. The third kappa shape index (κ3) is 3.79. The minimum Gasteiger partial charge on any atom is -0.339 e. The summed E-state index contributed by atoms with van der Waals surface area (Å²) in [6.07, 6.45) is 4.93. The molecule has 3 rings (SSSR count). The molecule has 1 amide bonds. The molecule has 2 heterocycles. The predicted molar refractivity (Wildman–Crippen MR) is 96.2 cm³/mol. The number of aromatic nitrogens is 2. The fourth-order valence-corrected chi connectivity index (χ4v) is 3.45. The number of benzene rings is 1. The second kappa shape index (κ2) is 7.81. The van der Waals surface area contributed by atoms with Gasteiger partial charge in [0.2, 0.25) is 0 Å². The maximum atomic E-state index is 12.9. The molecule has 2 N–H and O–H groups in total. The Balaban J connectivity index is 1.70. The lowest BCUT2D eigenvalue weighted by Crippen LogP contribution is -2.39. The fraction of sp³-hybridized carbons (Fsp3) is 0.444. The van der Waals surface area contributed by atoms with E-state index in [4.69, 9.17) is 11.6 Å². The summed E-state index contributed by atoms with van der Waals surface area (Å²) in [4.78, 5) is 14.8. The Hall–Kier alpha value is -1.85. The summed E-state index contributed by atoms with van der Waals surface area (Å²) in [7, 11) is 1.98. The molecule has 0 atom stereocenters. The number of carbonyl (C=O) groups excluding carboxylic acids is 1. The smallest absolute Gasteiger partial charge is 0.257 e. The standard InChI is InChI=1S/C18H23ClN4O/c1-20-8-5-13-6-9-23(10-7-13)18(24)16-12-21-22-17(16)14-3-2-4-15(19)11-14/h2-4,11-13,20H,5-10H2,1H3,(H,21,22). The Morgan fingerprint density at radius 1 is 1.42 bits per heavy atom. The molecular formula is C18H23ClN4O. The largest absolute Gasteiger partial charge is 0.339 e. The van der Waals surface area contributed by atoms with Gasteiger partial charge in [0, 0.05) is 23.7 Å². The Kier molecular flexibility index (Phi) is 5.53. The van der Waals surface area contributed by atoms with E-state index in [0.29, 0.717) is 16.5 Å². The third-order valence-corrected chi connectivity index (χ3v) is 4.92. The van der Waals surface area contributed by atoms with Gasteiger partial charge in [-0.05, 0) is 50.9 Å². The number of H-pyrrole nitrogens is 1. The molecule has 1 saturated heterocycles. The van der Waals surface area contributed by atoms with Crippen LogP contribution in [0, 0.1) is 5.92 Å². The first kappa shape index (κ1) is 17.0. The van der Waals surface area contributed by atoms with Crippen molar-refractivity contribution in [1.29, 1.82) is 0 Å². The van der Waals surface area contributed by atoms with Crippen LogP contribution in [0.1, 0.15) is 29.6 Å². The Morgan fingerprint density at radius 2 is 2.21 bits per heavy atom. The van der Waals surface area contributed by atoms with Crippen LogP contribution in [-0.2, 0) is 0 Å². The van der Waals surface area contributed by atoms with Crippen LogP contribution in [0.2, 0.25) is 5.02 Å². The monoisotopic (exact) mass is 346 g/mol. The second-order valence-corrected chi connectivity index (χ2v) is 6.73. The summed E-state index contributed by atoms with van der Waals surface area (Å²) in [5, 5.41) is 10.9. The van der Waals surface area contributed by atoms with Gasteiger partial charge in [0.1, 0.15) is 0 Å². The van der Waals surface area contributed by atoms with Crippen molar-refractivity contribution in [3.05, 3.63) is 41.0 Å². The summed E-state index contributed by atoms with van der Waals surface area (Å²) in [6.45, 7) is 2.67. The molecule has 0 radical (unpaired) electrons. The zero-order valence-corrected chi connectivity index (χ0v) is 14.6. The molecule has 6 heteroatoms. The zero-order valence-electron chi connectivity index (χ0n) is 13.9. The molecule has 1 aromatic carbocycles. The number of piperidine rings is 1. The Bertz CT molecular complexity index is 692. The van der Waals surface area contributed by atoms with E-state index in [1.807, 2.05) is 36.2 Å². The predicted octanol–water partition coefficient (Wildman–Crippen LogP) is 3.19. The van der Waals surface area contributed by atoms with Crippen molar-refractivity contribution in [1.82, 2.24) is 20.4 Å². The van der Waals surface area contributed by atoms with Crippen LogP contribution >= 0.6 is 11.6 Å². The lowest BCUT2D eigenvalue weighted by atomic mass is 9.93. The fourth-order valence-electron chi connectivity index (χ4n) is 3.26. The number of aromatic amines is 1. The van der Waals surface area contributed by atoms with Crippen LogP contribution in [0.5, 0.6) is 0 Å². The number of carbonyl (C=O) groups is 1. The first-order chi connectivity index (χ1) is 11.7. The summed E-state index contributed by atoms with van der Waals surface area (Å²) >= 11 is 6.07. The molecule has 0 spiro atoms. The van der Waals surface area contributed by atoms with E-state index in [9.17, 15) is 4.79 Å². The van der Waals surface area contributed by atoms with Crippen molar-refractivity contribution < 1.29 is 4.79 Å². The van der Waals surface area contributed by atoms with Gasteiger partial charge in [-0.3, -0.25) is 9.89 Å². The van der Waals surface area contributed by atoms with Crippen molar-refractivity contribution in [2.45, 2.75) is 19.3 Å². The molecule has 2 aromatic rings. The molecule has 0 saturated carbocycles. The molecule has 24 heavy (non-hydrogen) atoms. The Labute approximate surface area is 147 Å². The highest BCUT2D eigenvalue weighted by Crippen LogP contribution is 2.27. The lowest BCUT2D eigenvalue weighted by molar-refractivity contribution is 0.0688. The maximum absolute atomic E-state index is 12.9. The highest BCUT2D eigenvalue weighted by atomic mass is 35.5. The number of hydrogen-bond acceptors (Lipinski definition) is 3. The molecule has 1 aliphatic heterocycles. The molecule has 1 aliphatic rings. The molecule has 128 valence electrons. The van der Waals surface area contributed by atoms with Gasteiger partial charge in [-0.2, -0.15) is 5.10 Å². The number of halogens is 1. The third-order valence-electron chi connectivity index (χ3n) is 4.69. The van der Waals surface area contributed by atoms with Gasteiger partial charge >= 0.3 is 0 Å². The van der Waals surface area contributed by atoms with Gasteiger partial charge < -0.3 is 10.2 Å². The van der Waals surface area contributed by atoms with E-state index >= 15 is 0 Å². The van der Waals surface area contributed by atoms with Crippen LogP contribution in [-0.4, -0.2) is 47.7 Å².